The van der Waals surface area contributed by atoms with E-state index in [2.05, 4.69) is 111 Å². The maximum atomic E-state index is 14.3. The predicted molar refractivity (Wildman–Crippen MR) is 575 cm³/mol. The normalized spacial score (nSPS) is 15.0. The summed E-state index contributed by atoms with van der Waals surface area (Å²) < 4.78 is 1.71. The Labute approximate surface area is 880 Å². The van der Waals surface area contributed by atoms with Gasteiger partial charge in [0, 0.05) is 101 Å². The number of hydrogen-bond acceptors (Lipinski definition) is 21. The zero-order valence-electron chi connectivity index (χ0n) is 94.0. The van der Waals surface area contributed by atoms with Gasteiger partial charge >= 0.3 is 0 Å². The Morgan fingerprint density at radius 2 is 0.649 bits per heavy atom. The number of pyridine rings is 3. The van der Waals surface area contributed by atoms with Crippen LogP contribution in [0.2, 0.25) is 0 Å². The Hall–Kier alpha value is -12.0. The summed E-state index contributed by atoms with van der Waals surface area (Å²) in [6.07, 6.45) is 13.5. The van der Waals surface area contributed by atoms with Crippen LogP contribution in [0.5, 0.6) is 0 Å². The fourth-order valence-corrected chi connectivity index (χ4v) is 16.2. The van der Waals surface area contributed by atoms with Crippen molar-refractivity contribution >= 4 is 88.6 Å². The van der Waals surface area contributed by atoms with E-state index in [0.717, 1.165) is 5.56 Å². The molecule has 0 saturated heterocycles. The lowest BCUT2D eigenvalue weighted by atomic mass is 9.87. The first kappa shape index (κ1) is 132. The van der Waals surface area contributed by atoms with Crippen LogP contribution in [0.25, 0.3) is 0 Å². The van der Waals surface area contributed by atoms with Crippen LogP contribution in [0.4, 0.5) is 0 Å². The van der Waals surface area contributed by atoms with Crippen LogP contribution in [-0.2, 0) is 64.0 Å². The number of rotatable bonds is 60. The molecular weight excluding hydrogens is 1890 g/mol. The molecule has 0 radical (unpaired) electrons. The van der Waals surface area contributed by atoms with Crippen molar-refractivity contribution in [3.05, 3.63) is 142 Å². The van der Waals surface area contributed by atoms with E-state index in [1.807, 2.05) is 190 Å². The van der Waals surface area contributed by atoms with Crippen LogP contribution in [-0.4, -0.2) is 230 Å². The molecule has 832 valence electrons. The molecule has 148 heavy (non-hydrogen) atoms. The minimum absolute atomic E-state index is 0.101. The molecule has 0 aliphatic rings. The zero-order valence-corrected chi connectivity index (χ0v) is 94.0. The summed E-state index contributed by atoms with van der Waals surface area (Å²) in [6.45, 7) is 57.8. The number of aryl methyl sites for hydroxylation is 1. The SMILES string of the molecule is CCC[C@H](NC(=O)[C@@H](NC(=O)c1cc[n+]([O-])cc1)[C@@H](C)CC)C(=O)N[C@H](CN[C@@H](C)C(=O)N[C@H](C(=O)NCC)C(C)C)CC(C)(C)C.CCNC(=O)[C@@H](NC(=O)[C@H](C)NC[C@H](CC(C)C)NC(=O)[C@H](CCC(C)C)NC(=O)[C@@H](NC(=O)c1cc[n+]([O-])cc1)[C@@H](C)CC)C(C)C.CCNC(=O)[C@@H](NC(=O)[C@H](C)NC[C@H](CC(C)C)NC(=O)[C@H](CCc1ccccc1)N(C)C(=O)[C@H](CC(C)(C)C)NC(=O)c1cc[n+]([O-])cc1)C(C)C. The summed E-state index contributed by atoms with van der Waals surface area (Å²) in [5.74, 6) is -5.65. The molecule has 1 aromatic carbocycles. The number of aromatic nitrogens is 3. The molecule has 0 bridgehead atoms. The van der Waals surface area contributed by atoms with Crippen molar-refractivity contribution in [2.45, 2.75) is 368 Å². The van der Waals surface area contributed by atoms with E-state index in [1.165, 1.54) is 78.5 Å². The van der Waals surface area contributed by atoms with Gasteiger partial charge in [-0.2, -0.15) is 14.2 Å². The second-order valence-electron chi connectivity index (χ2n) is 43.6. The standard InChI is InChI=1S/C40H63N7O6.C35H61N7O6.C34H59N7O6/c1-11-41-38(51)34(27(4)5)45-35(48)28(6)42-25-31(23-26(2)3)43-37(50)33(18-17-29-15-13-12-14-16-29)46(10)39(52)32(24-40(7,8)9)44-36(49)30-19-21-47(53)22-20-30;1-11-24(9)30(41-32(44)26-15-17-42(48)18-16-26)35(47)39-28(14-13-21(3)4)33(45)38-27(19-22(5)6)20-37-25(10)31(43)40-29(23(7)8)34(46)36-12-2;1-11-14-26(38-33(46)28(22(6)12-2)40-30(43)24-15-17-41(47)18-16-24)31(44)37-25(19-34(8,9)10)20-36-23(7)29(42)39-27(21(4)5)32(45)35-13-3/h12-16,19-22,26-28,31-34,42H,11,17-18,23-25H2,1-10H3,(H,41,51)(H,43,50)(H,44,49)(H,45,48);15-18,21-25,27-30,37H,11-14,19-20H2,1-10H3,(H,36,46)(H,38,45)(H,39,47)(H,40,43)(H,41,44);15-18,21-23,25-28,36H,11-14,19-20H2,1-10H3,(H,35,45)(H,37,44)(H,38,46)(H,39,42)(H,40,43)/t28-,31-,32-,33-,34-;24-,25-,27-,28-,29-,30-;22-,23-,25-,26-,27-,28-/m000/s1. The highest BCUT2D eigenvalue weighted by atomic mass is 16.5. The molecule has 17 atom stereocenters. The van der Waals surface area contributed by atoms with Crippen molar-refractivity contribution in [3.63, 3.8) is 0 Å². The summed E-state index contributed by atoms with van der Waals surface area (Å²) >= 11 is 0. The second-order valence-corrected chi connectivity index (χ2v) is 43.6. The van der Waals surface area contributed by atoms with Crippen molar-refractivity contribution in [1.29, 1.82) is 0 Å². The third-order valence-electron chi connectivity index (χ3n) is 25.1. The summed E-state index contributed by atoms with van der Waals surface area (Å²) in [6, 6.07) is 7.64. The Bertz CT molecular complexity index is 4740. The first-order valence-corrected chi connectivity index (χ1v) is 53.0. The molecule has 0 aliphatic heterocycles. The van der Waals surface area contributed by atoms with Gasteiger partial charge in [-0.05, 0) is 163 Å². The van der Waals surface area contributed by atoms with Crippen LogP contribution in [0, 0.1) is 73.8 Å². The Morgan fingerprint density at radius 3 is 0.959 bits per heavy atom. The van der Waals surface area contributed by atoms with Crippen molar-refractivity contribution in [2.24, 2.45) is 58.2 Å². The van der Waals surface area contributed by atoms with E-state index < -0.39 is 108 Å². The van der Waals surface area contributed by atoms with Gasteiger partial charge < -0.3 is 111 Å². The van der Waals surface area contributed by atoms with Crippen molar-refractivity contribution < 1.29 is 86.1 Å². The minimum atomic E-state index is -0.944. The summed E-state index contributed by atoms with van der Waals surface area (Å²) in [4.78, 5) is 200. The van der Waals surface area contributed by atoms with Crippen LogP contribution < -0.4 is 105 Å². The number of carbonyl (C=O) groups excluding carboxylic acids is 15. The van der Waals surface area contributed by atoms with Crippen LogP contribution >= 0.6 is 0 Å². The van der Waals surface area contributed by atoms with Crippen LogP contribution in [0.1, 0.15) is 308 Å². The summed E-state index contributed by atoms with van der Waals surface area (Å²) in [7, 11) is 1.59. The highest BCUT2D eigenvalue weighted by Gasteiger charge is 2.40. The van der Waals surface area contributed by atoms with Crippen molar-refractivity contribution in [2.75, 3.05) is 46.3 Å². The number of amides is 15. The van der Waals surface area contributed by atoms with E-state index in [0.29, 0.717) is 117 Å². The van der Waals surface area contributed by atoms with Crippen molar-refractivity contribution in [1.82, 2.24) is 95.3 Å². The number of nitrogens with zero attached hydrogens (tertiary/aromatic N) is 4. The molecule has 39 nitrogen and oxygen atoms in total. The minimum Gasteiger partial charge on any atom is -0.619 e. The second kappa shape index (κ2) is 67.1. The average molecular weight is 2080 g/mol. The molecule has 15 amide bonds. The molecule has 3 heterocycles. The third-order valence-corrected chi connectivity index (χ3v) is 25.1. The fraction of sp³-hybridized carbons (Fsp3) is 0.670. The molecule has 0 unspecified atom stereocenters. The molecule has 0 spiro atoms. The number of benzene rings is 1. The Morgan fingerprint density at radius 1 is 0.324 bits per heavy atom. The monoisotopic (exact) mass is 2070 g/mol. The van der Waals surface area contributed by atoms with Gasteiger partial charge in [-0.1, -0.05) is 209 Å². The van der Waals surface area contributed by atoms with Gasteiger partial charge in [0.05, 0.1) is 34.8 Å². The number of nitrogens with one attached hydrogen (secondary N) is 17. The molecular formula is C109H183N21O18. The van der Waals surface area contributed by atoms with E-state index in [4.69, 9.17) is 0 Å². The molecule has 17 N–H and O–H groups in total. The molecule has 0 aliphatic carbocycles. The first-order valence-electron chi connectivity index (χ1n) is 53.0. The van der Waals surface area contributed by atoms with E-state index in [-0.39, 0.29) is 159 Å². The number of carbonyl (C=O) groups is 15. The van der Waals surface area contributed by atoms with Gasteiger partial charge in [0.2, 0.25) is 70.9 Å². The largest absolute Gasteiger partial charge is 0.619 e. The quantitative estimate of drug-likeness (QED) is 0.0153. The maximum Gasteiger partial charge on any atom is 0.252 e. The van der Waals surface area contributed by atoms with Gasteiger partial charge in [0.1, 0.15) is 54.4 Å². The van der Waals surface area contributed by atoms with Crippen molar-refractivity contribution in [3.8, 4) is 0 Å². The van der Waals surface area contributed by atoms with Gasteiger partial charge in [-0.3, -0.25) is 71.9 Å². The first-order chi connectivity index (χ1) is 69.2. The van der Waals surface area contributed by atoms with Gasteiger partial charge in [-0.25, -0.2) is 0 Å². The molecule has 0 saturated carbocycles. The lowest BCUT2D eigenvalue weighted by Gasteiger charge is -2.34. The maximum absolute atomic E-state index is 14.3. The van der Waals surface area contributed by atoms with Gasteiger partial charge in [0.15, 0.2) is 37.2 Å². The molecule has 0 fully saturated rings. The molecule has 4 rings (SSSR count). The van der Waals surface area contributed by atoms with E-state index in [9.17, 15) is 87.5 Å². The summed E-state index contributed by atoms with van der Waals surface area (Å²) in [5, 5.41) is 84.3. The Balaban J connectivity index is 0.000000752. The highest BCUT2D eigenvalue weighted by Crippen LogP contribution is 2.26. The number of likely N-dealkylation sites (N-methyl/N-ethyl adjacent to an activating group) is 4. The molecule has 4 aromatic rings. The average Bonchev–Trinajstić information content (AvgIpc) is 0.820. The lowest BCUT2D eigenvalue weighted by molar-refractivity contribution is -0.605. The highest BCUT2D eigenvalue weighted by molar-refractivity contribution is 6.01. The van der Waals surface area contributed by atoms with E-state index >= 15 is 0 Å². The third kappa shape index (κ3) is 50.3. The van der Waals surface area contributed by atoms with Crippen LogP contribution in [0.3, 0.4) is 0 Å². The zero-order chi connectivity index (χ0) is 112. The van der Waals surface area contributed by atoms with E-state index in [1.54, 1.807) is 27.8 Å². The fourth-order valence-electron chi connectivity index (χ4n) is 16.2. The molecule has 39 heteroatoms. The van der Waals surface area contributed by atoms with Gasteiger partial charge in [-0.15, -0.1) is 0 Å². The van der Waals surface area contributed by atoms with Crippen LogP contribution in [0.15, 0.2) is 104 Å². The topological polar surface area (TPSA) is 545 Å². The predicted octanol–water partition coefficient (Wildman–Crippen LogP) is 7.20. The van der Waals surface area contributed by atoms with Gasteiger partial charge in [0.25, 0.3) is 17.7 Å². The Kier molecular flexibility index (Phi) is 59.9. The summed E-state index contributed by atoms with van der Waals surface area (Å²) in [5.41, 5.74) is 1.22. The number of hydrogen-bond donors (Lipinski definition) is 17. The smallest absolute Gasteiger partial charge is 0.252 e. The molecule has 3 aromatic heterocycles. The lowest BCUT2D eigenvalue weighted by Crippen LogP contribution is -2.58.